The van der Waals surface area contributed by atoms with Crippen LogP contribution in [-0.4, -0.2) is 31.4 Å². The maximum atomic E-state index is 12.7. The minimum Gasteiger partial charge on any atom is -0.301 e. The van der Waals surface area contributed by atoms with Gasteiger partial charge in [0.2, 0.25) is 5.91 Å². The maximum absolute atomic E-state index is 12.7. The summed E-state index contributed by atoms with van der Waals surface area (Å²) in [5, 5.41) is 13.1. The van der Waals surface area contributed by atoms with Gasteiger partial charge in [-0.2, -0.15) is 0 Å². The molecule has 5 aromatic rings. The number of benzene rings is 3. The normalized spacial score (nSPS) is 10.9. The minimum absolute atomic E-state index is 0.128. The van der Waals surface area contributed by atoms with Crippen LogP contribution in [0, 0.1) is 13.8 Å². The first-order chi connectivity index (χ1) is 17.5. The summed E-state index contributed by atoms with van der Waals surface area (Å²) in [6, 6.07) is 26.6. The lowest BCUT2D eigenvalue weighted by atomic mass is 10.1. The van der Waals surface area contributed by atoms with Crippen molar-refractivity contribution in [2.75, 3.05) is 11.1 Å². The van der Waals surface area contributed by atoms with Gasteiger partial charge in [-0.05, 0) is 37.1 Å². The summed E-state index contributed by atoms with van der Waals surface area (Å²) < 4.78 is 2.00. The van der Waals surface area contributed by atoms with Gasteiger partial charge in [0.25, 0.3) is 0 Å². The van der Waals surface area contributed by atoms with Gasteiger partial charge in [0.15, 0.2) is 16.1 Å². The Labute approximate surface area is 218 Å². The molecule has 6 nitrogen and oxygen atoms in total. The van der Waals surface area contributed by atoms with E-state index >= 15 is 0 Å². The Morgan fingerprint density at radius 3 is 2.53 bits per heavy atom. The highest BCUT2D eigenvalue weighted by Crippen LogP contribution is 2.29. The second-order valence-electron chi connectivity index (χ2n) is 8.48. The van der Waals surface area contributed by atoms with Crippen LogP contribution in [0.25, 0.3) is 17.1 Å². The number of aromatic nitrogens is 4. The Hall–Kier alpha value is -3.75. The highest BCUT2D eigenvalue weighted by molar-refractivity contribution is 7.99. The molecule has 1 amide bonds. The van der Waals surface area contributed by atoms with Gasteiger partial charge in [-0.3, -0.25) is 9.36 Å². The largest absolute Gasteiger partial charge is 0.301 e. The molecule has 3 aromatic carbocycles. The molecule has 8 heteroatoms. The molecule has 0 saturated carbocycles. The number of carbonyl (C=O) groups is 1. The number of anilines is 1. The Morgan fingerprint density at radius 2 is 1.75 bits per heavy atom. The van der Waals surface area contributed by atoms with Crippen LogP contribution < -0.4 is 5.32 Å². The zero-order valence-corrected chi connectivity index (χ0v) is 21.6. The summed E-state index contributed by atoms with van der Waals surface area (Å²) in [6.45, 7) is 4.13. The molecule has 0 bridgehead atoms. The number of thioether (sulfide) groups is 1. The molecular formula is C28H25N5OS2. The van der Waals surface area contributed by atoms with Crippen LogP contribution >= 0.6 is 23.1 Å². The van der Waals surface area contributed by atoms with Crippen molar-refractivity contribution >= 4 is 34.1 Å². The van der Waals surface area contributed by atoms with Crippen LogP contribution in [0.2, 0.25) is 0 Å². The Morgan fingerprint density at radius 1 is 0.944 bits per heavy atom. The predicted molar refractivity (Wildman–Crippen MR) is 147 cm³/mol. The number of amides is 1. The smallest absolute Gasteiger partial charge is 0.236 e. The van der Waals surface area contributed by atoms with E-state index in [0.29, 0.717) is 10.3 Å². The molecule has 36 heavy (non-hydrogen) atoms. The van der Waals surface area contributed by atoms with Crippen LogP contribution in [0.15, 0.2) is 90.2 Å². The van der Waals surface area contributed by atoms with E-state index in [0.717, 1.165) is 33.9 Å². The van der Waals surface area contributed by atoms with E-state index in [1.807, 2.05) is 53.2 Å². The van der Waals surface area contributed by atoms with E-state index in [1.165, 1.54) is 34.2 Å². The zero-order valence-electron chi connectivity index (χ0n) is 20.0. The SMILES string of the molecule is Cc1ccc(Cc2cnc(NC(=O)CSc3nnc(-c4ccccc4)n3-c3cccc(C)c3)s2)cc1. The monoisotopic (exact) mass is 511 g/mol. The van der Waals surface area contributed by atoms with Crippen molar-refractivity contribution in [2.45, 2.75) is 25.4 Å². The van der Waals surface area contributed by atoms with Gasteiger partial charge in [0.1, 0.15) is 0 Å². The van der Waals surface area contributed by atoms with E-state index in [9.17, 15) is 4.79 Å². The minimum atomic E-state index is -0.128. The van der Waals surface area contributed by atoms with Crippen molar-refractivity contribution in [1.29, 1.82) is 0 Å². The van der Waals surface area contributed by atoms with Crippen LogP contribution in [0.4, 0.5) is 5.13 Å². The van der Waals surface area contributed by atoms with Crippen LogP contribution in [0.5, 0.6) is 0 Å². The highest BCUT2D eigenvalue weighted by Gasteiger charge is 2.18. The second-order valence-corrected chi connectivity index (χ2v) is 10.5. The molecule has 0 aliphatic heterocycles. The number of thiazole rings is 1. The van der Waals surface area contributed by atoms with Gasteiger partial charge in [-0.1, -0.05) is 84.1 Å². The summed E-state index contributed by atoms with van der Waals surface area (Å²) in [7, 11) is 0. The van der Waals surface area contributed by atoms with Crippen molar-refractivity contribution in [3.8, 4) is 17.1 Å². The lowest BCUT2D eigenvalue weighted by Crippen LogP contribution is -2.14. The van der Waals surface area contributed by atoms with Crippen LogP contribution in [0.1, 0.15) is 21.6 Å². The molecule has 0 aliphatic carbocycles. The molecule has 1 N–H and O–H groups in total. The Kier molecular flexibility index (Phi) is 7.25. The number of carbonyl (C=O) groups excluding carboxylic acids is 1. The molecule has 0 atom stereocenters. The fourth-order valence-electron chi connectivity index (χ4n) is 3.78. The molecule has 2 heterocycles. The van der Waals surface area contributed by atoms with Crippen molar-refractivity contribution in [2.24, 2.45) is 0 Å². The first-order valence-electron chi connectivity index (χ1n) is 11.6. The summed E-state index contributed by atoms with van der Waals surface area (Å²) in [4.78, 5) is 18.2. The molecule has 180 valence electrons. The lowest BCUT2D eigenvalue weighted by Gasteiger charge is -2.11. The first-order valence-corrected chi connectivity index (χ1v) is 13.4. The molecule has 0 aliphatic rings. The predicted octanol–water partition coefficient (Wildman–Crippen LogP) is 6.33. The number of nitrogens with one attached hydrogen (secondary N) is 1. The summed E-state index contributed by atoms with van der Waals surface area (Å²) in [5.41, 5.74) is 5.53. The number of rotatable bonds is 8. The summed E-state index contributed by atoms with van der Waals surface area (Å²) in [6.07, 6.45) is 2.62. The third-order valence-corrected chi connectivity index (χ3v) is 7.40. The van der Waals surface area contributed by atoms with E-state index < -0.39 is 0 Å². The molecule has 0 radical (unpaired) electrons. The lowest BCUT2D eigenvalue weighted by molar-refractivity contribution is -0.113. The van der Waals surface area contributed by atoms with Crippen molar-refractivity contribution in [3.63, 3.8) is 0 Å². The number of aryl methyl sites for hydroxylation is 2. The Balaban J connectivity index is 1.29. The fourth-order valence-corrected chi connectivity index (χ4v) is 5.39. The summed E-state index contributed by atoms with van der Waals surface area (Å²) >= 11 is 2.85. The van der Waals surface area contributed by atoms with Crippen molar-refractivity contribution in [3.05, 3.63) is 107 Å². The second kappa shape index (κ2) is 10.9. The van der Waals surface area contributed by atoms with Gasteiger partial charge in [0.05, 0.1) is 5.75 Å². The van der Waals surface area contributed by atoms with Gasteiger partial charge in [-0.25, -0.2) is 4.98 Å². The fraction of sp³-hybridized carbons (Fsp3) is 0.143. The van der Waals surface area contributed by atoms with Gasteiger partial charge in [-0.15, -0.1) is 21.5 Å². The first kappa shape index (κ1) is 24.0. The average molecular weight is 512 g/mol. The highest BCUT2D eigenvalue weighted by atomic mass is 32.2. The van der Waals surface area contributed by atoms with E-state index in [4.69, 9.17) is 0 Å². The topological polar surface area (TPSA) is 72.7 Å². The van der Waals surface area contributed by atoms with E-state index in [-0.39, 0.29) is 11.7 Å². The number of hydrogen-bond acceptors (Lipinski definition) is 6. The number of hydrogen-bond donors (Lipinski definition) is 1. The average Bonchev–Trinajstić information content (AvgIpc) is 3.51. The zero-order chi connectivity index (χ0) is 24.9. The van der Waals surface area contributed by atoms with E-state index in [2.05, 4.69) is 70.7 Å². The van der Waals surface area contributed by atoms with Gasteiger partial charge < -0.3 is 5.32 Å². The van der Waals surface area contributed by atoms with Crippen LogP contribution in [0.3, 0.4) is 0 Å². The molecule has 0 saturated heterocycles. The number of nitrogens with zero attached hydrogens (tertiary/aromatic N) is 4. The molecule has 5 rings (SSSR count). The molecular weight excluding hydrogens is 486 g/mol. The molecule has 0 spiro atoms. The molecule has 2 aromatic heterocycles. The van der Waals surface area contributed by atoms with E-state index in [1.54, 1.807) is 0 Å². The maximum Gasteiger partial charge on any atom is 0.236 e. The quantitative estimate of drug-likeness (QED) is 0.247. The van der Waals surface area contributed by atoms with Crippen LogP contribution in [-0.2, 0) is 11.2 Å². The van der Waals surface area contributed by atoms with Gasteiger partial charge >= 0.3 is 0 Å². The van der Waals surface area contributed by atoms with Crippen molar-refractivity contribution < 1.29 is 4.79 Å². The molecule has 0 unspecified atom stereocenters. The Bertz CT molecular complexity index is 1480. The third kappa shape index (κ3) is 5.72. The third-order valence-electron chi connectivity index (χ3n) is 5.56. The van der Waals surface area contributed by atoms with Crippen molar-refractivity contribution in [1.82, 2.24) is 19.7 Å². The van der Waals surface area contributed by atoms with Gasteiger partial charge in [0, 0.05) is 28.7 Å². The summed E-state index contributed by atoms with van der Waals surface area (Å²) in [5.74, 6) is 0.812. The standard InChI is InChI=1S/C28H25N5OS2/c1-19-11-13-21(14-12-19)16-24-17-29-27(36-24)30-25(34)18-35-28-32-31-26(22-8-4-3-5-9-22)33(28)23-10-6-7-20(2)15-23/h3-15,17H,16,18H2,1-2H3,(H,29,30,34). The molecule has 0 fully saturated rings.